The maximum absolute atomic E-state index is 12.6. The van der Waals surface area contributed by atoms with Gasteiger partial charge in [-0.1, -0.05) is 71.4 Å². The Hall–Kier alpha value is -1.78. The molecule has 0 saturated carbocycles. The molecule has 3 nitrogen and oxygen atoms in total. The lowest BCUT2D eigenvalue weighted by molar-refractivity contribution is -0.126. The Morgan fingerprint density at radius 1 is 1.25 bits per heavy atom. The molecule has 0 radical (unpaired) electrons. The number of hydrogen-bond donors (Lipinski definition) is 0. The summed E-state index contributed by atoms with van der Waals surface area (Å²) >= 11 is 7.77. The number of carbonyl (C=O) groups is 1. The van der Waals surface area contributed by atoms with E-state index < -0.39 is 0 Å². The molecule has 1 amide bonds. The number of rotatable bonds is 4. The Labute approximate surface area is 151 Å². The number of aliphatic imine (C=N–C) groups is 1. The fourth-order valence-electron chi connectivity index (χ4n) is 2.63. The van der Waals surface area contributed by atoms with E-state index >= 15 is 0 Å². The maximum atomic E-state index is 12.6. The average Bonchev–Trinajstić information content (AvgIpc) is 3.03. The van der Waals surface area contributed by atoms with E-state index in [2.05, 4.69) is 11.1 Å². The van der Waals surface area contributed by atoms with E-state index in [0.29, 0.717) is 25.3 Å². The third kappa shape index (κ3) is 4.19. The van der Waals surface area contributed by atoms with Crippen molar-refractivity contribution in [2.24, 2.45) is 4.99 Å². The predicted molar refractivity (Wildman–Crippen MR) is 102 cm³/mol. The highest BCUT2D eigenvalue weighted by Gasteiger charge is 2.24. The topological polar surface area (TPSA) is 32.7 Å². The van der Waals surface area contributed by atoms with Crippen molar-refractivity contribution in [3.05, 3.63) is 70.2 Å². The molecule has 1 aliphatic rings. The summed E-state index contributed by atoms with van der Waals surface area (Å²) in [5.41, 5.74) is 3.27. The lowest BCUT2D eigenvalue weighted by Crippen LogP contribution is -2.34. The smallest absolute Gasteiger partial charge is 0.233 e. The van der Waals surface area contributed by atoms with Gasteiger partial charge >= 0.3 is 0 Å². The number of amides is 1. The second-order valence-corrected chi connectivity index (χ2v) is 7.11. The van der Waals surface area contributed by atoms with Crippen molar-refractivity contribution >= 4 is 34.4 Å². The third-order valence-corrected chi connectivity index (χ3v) is 5.29. The zero-order valence-corrected chi connectivity index (χ0v) is 15.1. The lowest BCUT2D eigenvalue weighted by atomic mass is 10.1. The Morgan fingerprint density at radius 3 is 2.88 bits per heavy atom. The molecule has 0 spiro atoms. The summed E-state index contributed by atoms with van der Waals surface area (Å²) in [4.78, 5) is 18.9. The number of carbonyl (C=O) groups excluding carboxylic acids is 1. The molecule has 0 aromatic heterocycles. The second-order valence-electron chi connectivity index (χ2n) is 5.76. The summed E-state index contributed by atoms with van der Waals surface area (Å²) in [6, 6.07) is 15.9. The molecule has 2 aromatic carbocycles. The minimum absolute atomic E-state index is 0.100. The quantitative estimate of drug-likeness (QED) is 0.815. The molecule has 0 atom stereocenters. The van der Waals surface area contributed by atoms with Gasteiger partial charge in [0.25, 0.3) is 0 Å². The van der Waals surface area contributed by atoms with Crippen LogP contribution in [0, 0.1) is 6.92 Å². The number of hydrogen-bond acceptors (Lipinski definition) is 3. The summed E-state index contributed by atoms with van der Waals surface area (Å²) in [7, 11) is 0. The Balaban J connectivity index is 1.62. The van der Waals surface area contributed by atoms with E-state index in [0.717, 1.165) is 21.3 Å². The Bertz CT molecular complexity index is 775. The van der Waals surface area contributed by atoms with Gasteiger partial charge < -0.3 is 0 Å². The predicted octanol–water partition coefficient (Wildman–Crippen LogP) is 4.32. The number of aryl methyl sites for hydroxylation is 1. The molecule has 1 aliphatic heterocycles. The molecule has 0 N–H and O–H groups in total. The molecule has 5 heteroatoms. The molecule has 0 saturated heterocycles. The maximum Gasteiger partial charge on any atom is 0.233 e. The van der Waals surface area contributed by atoms with Crippen LogP contribution in [0.2, 0.25) is 5.02 Å². The van der Waals surface area contributed by atoms with Gasteiger partial charge in [-0.25, -0.2) is 0 Å². The monoisotopic (exact) mass is 358 g/mol. The number of benzene rings is 2. The Morgan fingerprint density at radius 2 is 2.08 bits per heavy atom. The second kappa shape index (κ2) is 7.86. The van der Waals surface area contributed by atoms with Crippen LogP contribution >= 0.6 is 23.4 Å². The number of amidine groups is 1. The van der Waals surface area contributed by atoms with Gasteiger partial charge in [-0.3, -0.25) is 14.7 Å². The van der Waals surface area contributed by atoms with E-state index in [9.17, 15) is 4.79 Å². The van der Waals surface area contributed by atoms with Crippen LogP contribution in [0.3, 0.4) is 0 Å². The van der Waals surface area contributed by atoms with Crippen LogP contribution in [0.1, 0.15) is 16.7 Å². The van der Waals surface area contributed by atoms with E-state index in [1.807, 2.05) is 49.4 Å². The van der Waals surface area contributed by atoms with Crippen LogP contribution in [0.25, 0.3) is 0 Å². The lowest BCUT2D eigenvalue weighted by Gasteiger charge is -2.18. The van der Waals surface area contributed by atoms with E-state index in [1.54, 1.807) is 16.7 Å². The molecular weight excluding hydrogens is 340 g/mol. The summed E-state index contributed by atoms with van der Waals surface area (Å²) in [5, 5.41) is 1.55. The van der Waals surface area contributed by atoms with Gasteiger partial charge in [0.2, 0.25) is 5.91 Å². The van der Waals surface area contributed by atoms with Gasteiger partial charge in [-0.05, 0) is 24.1 Å². The van der Waals surface area contributed by atoms with Crippen molar-refractivity contribution in [3.8, 4) is 0 Å². The molecule has 3 rings (SSSR count). The first-order valence-electron chi connectivity index (χ1n) is 7.90. The van der Waals surface area contributed by atoms with Crippen molar-refractivity contribution in [2.45, 2.75) is 19.1 Å². The van der Waals surface area contributed by atoms with E-state index in [1.165, 1.54) is 5.56 Å². The van der Waals surface area contributed by atoms with Gasteiger partial charge in [0.05, 0.1) is 13.0 Å². The van der Waals surface area contributed by atoms with Crippen LogP contribution in [-0.2, 0) is 17.0 Å². The molecular formula is C19H19ClN2OS. The largest absolute Gasteiger partial charge is 0.289 e. The van der Waals surface area contributed by atoms with Gasteiger partial charge in [-0.2, -0.15) is 0 Å². The van der Waals surface area contributed by atoms with Crippen LogP contribution in [0.4, 0.5) is 0 Å². The van der Waals surface area contributed by atoms with Gasteiger partial charge in [0.15, 0.2) is 5.17 Å². The fourth-order valence-corrected chi connectivity index (χ4v) is 3.98. The first-order valence-corrected chi connectivity index (χ1v) is 9.26. The average molecular weight is 359 g/mol. The molecule has 2 aromatic rings. The highest BCUT2D eigenvalue weighted by Crippen LogP contribution is 2.24. The zero-order chi connectivity index (χ0) is 16.9. The van der Waals surface area contributed by atoms with Crippen LogP contribution < -0.4 is 0 Å². The normalized spacial score (nSPS) is 13.9. The van der Waals surface area contributed by atoms with Crippen LogP contribution in [0.5, 0.6) is 0 Å². The number of nitrogens with zero attached hydrogens (tertiary/aromatic N) is 2. The zero-order valence-electron chi connectivity index (χ0n) is 13.5. The Kier molecular flexibility index (Phi) is 5.59. The molecule has 124 valence electrons. The minimum Gasteiger partial charge on any atom is -0.289 e. The minimum atomic E-state index is 0.100. The highest BCUT2D eigenvalue weighted by molar-refractivity contribution is 8.13. The van der Waals surface area contributed by atoms with Gasteiger partial charge in [0.1, 0.15) is 0 Å². The van der Waals surface area contributed by atoms with E-state index in [-0.39, 0.29) is 5.91 Å². The van der Waals surface area contributed by atoms with Crippen molar-refractivity contribution in [2.75, 3.05) is 13.1 Å². The summed E-state index contributed by atoms with van der Waals surface area (Å²) in [6.07, 6.45) is 0.410. The van der Waals surface area contributed by atoms with Gasteiger partial charge in [-0.15, -0.1) is 0 Å². The van der Waals surface area contributed by atoms with Crippen molar-refractivity contribution in [1.82, 2.24) is 4.90 Å². The van der Waals surface area contributed by atoms with Crippen LogP contribution in [-0.4, -0.2) is 29.1 Å². The summed E-state index contributed by atoms with van der Waals surface area (Å²) in [5.74, 6) is 0.815. The number of thioether (sulfide) groups is 1. The molecule has 0 fully saturated rings. The fraction of sp³-hybridized carbons (Fsp3) is 0.263. The van der Waals surface area contributed by atoms with Crippen molar-refractivity contribution in [3.63, 3.8) is 0 Å². The SMILES string of the molecule is Cc1cccc(CC(=O)N2CCN=C2SCc2ccccc2Cl)c1. The van der Waals surface area contributed by atoms with Crippen LogP contribution in [0.15, 0.2) is 53.5 Å². The molecule has 0 aliphatic carbocycles. The standard InChI is InChI=1S/C19H19ClN2OS/c1-14-5-4-6-15(11-14)12-18(23)22-10-9-21-19(22)24-13-16-7-2-3-8-17(16)20/h2-8,11H,9-10,12-13H2,1H3. The van der Waals surface area contributed by atoms with E-state index in [4.69, 9.17) is 11.6 Å². The molecule has 24 heavy (non-hydrogen) atoms. The molecule has 0 unspecified atom stereocenters. The van der Waals surface area contributed by atoms with Gasteiger partial charge in [0, 0.05) is 17.3 Å². The first-order chi connectivity index (χ1) is 11.6. The number of halogens is 1. The summed E-state index contributed by atoms with van der Waals surface area (Å²) < 4.78 is 0. The summed E-state index contributed by atoms with van der Waals surface area (Å²) in [6.45, 7) is 3.37. The molecule has 0 bridgehead atoms. The van der Waals surface area contributed by atoms with Crippen molar-refractivity contribution in [1.29, 1.82) is 0 Å². The highest BCUT2D eigenvalue weighted by atomic mass is 35.5. The first kappa shape index (κ1) is 17.1. The molecule has 1 heterocycles. The third-order valence-electron chi connectivity index (χ3n) is 3.86. The van der Waals surface area contributed by atoms with Crippen molar-refractivity contribution < 1.29 is 4.79 Å².